The fourth-order valence-electron chi connectivity index (χ4n) is 6.11. The largest absolute Gasteiger partial charge is 0.355 e. The Morgan fingerprint density at radius 3 is 0.705 bits per heavy atom. The molecule has 0 unspecified atom stereocenters. The third kappa shape index (κ3) is 4.79. The average Bonchev–Trinajstić information content (AvgIpc) is 3.07. The van der Waals surface area contributed by atoms with Gasteiger partial charge in [0.15, 0.2) is 0 Å². The molecule has 0 fully saturated rings. The van der Waals surface area contributed by atoms with Crippen LogP contribution in [0.2, 0.25) is 0 Å². The first kappa shape index (κ1) is 25.7. The smallest absolute Gasteiger partial charge is 0.0485 e. The number of hydrogen-bond acceptors (Lipinski definition) is 4. The van der Waals surface area contributed by atoms with Gasteiger partial charge < -0.3 is 21.3 Å². The molecule has 0 atom stereocenters. The Kier molecular flexibility index (Phi) is 6.43. The van der Waals surface area contributed by atoms with Gasteiger partial charge in [0.05, 0.1) is 0 Å². The molecule has 0 aliphatic carbocycles. The zero-order valence-corrected chi connectivity index (χ0v) is 24.0. The fraction of sp³-hybridized carbons (Fsp3) is 0. The molecule has 0 aliphatic rings. The van der Waals surface area contributed by atoms with Gasteiger partial charge in [0.1, 0.15) is 0 Å². The van der Waals surface area contributed by atoms with Crippen molar-refractivity contribution in [1.82, 2.24) is 0 Å². The summed E-state index contributed by atoms with van der Waals surface area (Å²) in [5.74, 6) is 0. The van der Waals surface area contributed by atoms with Crippen LogP contribution < -0.4 is 21.3 Å². The number of benzene rings is 8. The lowest BCUT2D eigenvalue weighted by atomic mass is 9.90. The van der Waals surface area contributed by atoms with Gasteiger partial charge in [-0.05, 0) is 60.7 Å². The molecule has 8 aromatic carbocycles. The van der Waals surface area contributed by atoms with Crippen molar-refractivity contribution in [3.05, 3.63) is 158 Å². The topological polar surface area (TPSA) is 48.1 Å². The van der Waals surface area contributed by atoms with Gasteiger partial charge in [-0.2, -0.15) is 0 Å². The van der Waals surface area contributed by atoms with Crippen LogP contribution in [0.4, 0.5) is 45.5 Å². The number of rotatable bonds is 8. The molecule has 0 heterocycles. The van der Waals surface area contributed by atoms with Crippen LogP contribution in [0.5, 0.6) is 0 Å². The molecule has 210 valence electrons. The van der Waals surface area contributed by atoms with Gasteiger partial charge in [0.25, 0.3) is 0 Å². The average molecular weight is 567 g/mol. The molecule has 8 rings (SSSR count). The predicted octanol–water partition coefficient (Wildman–Crippen LogP) is 11.6. The third-order valence-electron chi connectivity index (χ3n) is 8.11. The lowest BCUT2D eigenvalue weighted by Gasteiger charge is -2.22. The van der Waals surface area contributed by atoms with Crippen LogP contribution in [0.25, 0.3) is 32.3 Å². The first-order chi connectivity index (χ1) is 21.8. The van der Waals surface area contributed by atoms with Crippen molar-refractivity contribution in [1.29, 1.82) is 0 Å². The number of nitrogens with one attached hydrogen (secondary N) is 4. The Morgan fingerprint density at radius 1 is 0.250 bits per heavy atom. The summed E-state index contributed by atoms with van der Waals surface area (Å²) < 4.78 is 0. The van der Waals surface area contributed by atoms with Crippen LogP contribution in [-0.4, -0.2) is 0 Å². The molecule has 44 heavy (non-hydrogen) atoms. The normalized spacial score (nSPS) is 11.2. The lowest BCUT2D eigenvalue weighted by molar-refractivity contribution is 1.54. The number of para-hydroxylation sites is 4. The minimum absolute atomic E-state index is 1.05. The first-order valence-corrected chi connectivity index (χ1v) is 14.9. The van der Waals surface area contributed by atoms with E-state index in [2.05, 4.69) is 155 Å². The first-order valence-electron chi connectivity index (χ1n) is 14.9. The van der Waals surface area contributed by atoms with Gasteiger partial charge in [-0.3, -0.25) is 0 Å². The highest BCUT2D eigenvalue weighted by Crippen LogP contribution is 2.47. The molecule has 0 radical (unpaired) electrons. The van der Waals surface area contributed by atoms with E-state index in [0.29, 0.717) is 0 Å². The highest BCUT2D eigenvalue weighted by Gasteiger charge is 2.19. The summed E-state index contributed by atoms with van der Waals surface area (Å²) >= 11 is 0. The van der Waals surface area contributed by atoms with E-state index in [4.69, 9.17) is 0 Å². The maximum Gasteiger partial charge on any atom is 0.0485 e. The fourth-order valence-corrected chi connectivity index (χ4v) is 6.11. The van der Waals surface area contributed by atoms with Crippen molar-refractivity contribution in [3.8, 4) is 0 Å². The van der Waals surface area contributed by atoms with Crippen LogP contribution in [0.1, 0.15) is 0 Å². The van der Waals surface area contributed by atoms with Crippen molar-refractivity contribution in [2.24, 2.45) is 0 Å². The van der Waals surface area contributed by atoms with Crippen LogP contribution in [0.3, 0.4) is 0 Å². The Balaban J connectivity index is 1.41. The van der Waals surface area contributed by atoms with Crippen LogP contribution in [-0.2, 0) is 0 Å². The molecule has 0 spiro atoms. The third-order valence-corrected chi connectivity index (χ3v) is 8.11. The molecule has 0 saturated carbocycles. The van der Waals surface area contributed by atoms with Crippen LogP contribution >= 0.6 is 0 Å². The van der Waals surface area contributed by atoms with E-state index in [1.807, 2.05) is 24.3 Å². The molecule has 4 N–H and O–H groups in total. The second-order valence-corrected chi connectivity index (χ2v) is 11.0. The molecule has 4 heteroatoms. The summed E-state index contributed by atoms with van der Waals surface area (Å²) in [6.45, 7) is 0. The maximum atomic E-state index is 3.72. The number of hydrogen-bond donors (Lipinski definition) is 4. The van der Waals surface area contributed by atoms with Crippen LogP contribution in [0, 0.1) is 0 Å². The van der Waals surface area contributed by atoms with E-state index in [1.165, 1.54) is 32.3 Å². The summed E-state index contributed by atoms with van der Waals surface area (Å²) in [4.78, 5) is 0. The standard InChI is InChI=1S/C40H30N4/c1-5-13-27(14-6-1)41-35-25-36(42-28-15-7-2-8-16-28)32-23-24-34-38(44-30-19-11-4-12-20-30)26-37(43-29-17-9-3-10-18-29)33-22-21-31(35)39(32)40(33)34/h1-26,41-44H. The van der Waals surface area contributed by atoms with Gasteiger partial charge in [0, 0.05) is 77.8 Å². The van der Waals surface area contributed by atoms with E-state index in [0.717, 1.165) is 45.5 Å². The van der Waals surface area contributed by atoms with E-state index in [9.17, 15) is 0 Å². The Hall–Kier alpha value is -6.00. The summed E-state index contributed by atoms with van der Waals surface area (Å²) in [7, 11) is 0. The minimum Gasteiger partial charge on any atom is -0.355 e. The zero-order chi connectivity index (χ0) is 29.3. The van der Waals surface area contributed by atoms with Gasteiger partial charge in [0.2, 0.25) is 0 Å². The lowest BCUT2D eigenvalue weighted by Crippen LogP contribution is -2.00. The van der Waals surface area contributed by atoms with Crippen molar-refractivity contribution < 1.29 is 0 Å². The Labute approximate surface area is 256 Å². The highest BCUT2D eigenvalue weighted by molar-refractivity contribution is 6.31. The molecule has 0 bridgehead atoms. The minimum atomic E-state index is 1.05. The summed E-state index contributed by atoms with van der Waals surface area (Å²) in [6.07, 6.45) is 0. The van der Waals surface area contributed by atoms with E-state index < -0.39 is 0 Å². The summed E-state index contributed by atoms with van der Waals surface area (Å²) in [5.41, 5.74) is 8.39. The summed E-state index contributed by atoms with van der Waals surface area (Å²) in [5, 5.41) is 22.0. The van der Waals surface area contributed by atoms with Crippen molar-refractivity contribution >= 4 is 77.8 Å². The van der Waals surface area contributed by atoms with Crippen molar-refractivity contribution in [2.75, 3.05) is 21.3 Å². The molecule has 0 saturated heterocycles. The van der Waals surface area contributed by atoms with Crippen molar-refractivity contribution in [2.45, 2.75) is 0 Å². The highest BCUT2D eigenvalue weighted by atomic mass is 14.9. The van der Waals surface area contributed by atoms with Gasteiger partial charge in [-0.25, -0.2) is 0 Å². The molecule has 0 aliphatic heterocycles. The van der Waals surface area contributed by atoms with Crippen molar-refractivity contribution in [3.63, 3.8) is 0 Å². The van der Waals surface area contributed by atoms with Gasteiger partial charge in [-0.15, -0.1) is 0 Å². The molecular weight excluding hydrogens is 536 g/mol. The van der Waals surface area contributed by atoms with E-state index in [1.54, 1.807) is 0 Å². The van der Waals surface area contributed by atoms with E-state index >= 15 is 0 Å². The molecular formula is C40H30N4. The monoisotopic (exact) mass is 566 g/mol. The Morgan fingerprint density at radius 2 is 0.477 bits per heavy atom. The molecule has 8 aromatic rings. The quantitative estimate of drug-likeness (QED) is 0.138. The number of anilines is 8. The second kappa shape index (κ2) is 11.0. The predicted molar refractivity (Wildman–Crippen MR) is 189 cm³/mol. The molecule has 4 nitrogen and oxygen atoms in total. The molecule has 0 amide bonds. The SMILES string of the molecule is c1ccc(Nc2cc(Nc3ccccc3)c3ccc4c(Nc5ccccc5)cc(Nc5ccccc5)c5ccc2c3c54)cc1. The van der Waals surface area contributed by atoms with Gasteiger partial charge in [-0.1, -0.05) is 97.1 Å². The van der Waals surface area contributed by atoms with Gasteiger partial charge >= 0.3 is 0 Å². The second-order valence-electron chi connectivity index (χ2n) is 11.0. The summed E-state index contributed by atoms with van der Waals surface area (Å²) in [6, 6.07) is 54.9. The molecule has 0 aromatic heterocycles. The van der Waals surface area contributed by atoms with E-state index in [-0.39, 0.29) is 0 Å². The maximum absolute atomic E-state index is 3.72. The Bertz CT molecular complexity index is 1890. The zero-order valence-electron chi connectivity index (χ0n) is 24.0. The van der Waals surface area contributed by atoms with Crippen LogP contribution in [0.15, 0.2) is 158 Å².